The van der Waals surface area contributed by atoms with Gasteiger partial charge >= 0.3 is 6.18 Å². The first-order valence-corrected chi connectivity index (χ1v) is 4.44. The van der Waals surface area contributed by atoms with Gasteiger partial charge in [0.15, 0.2) is 0 Å². The van der Waals surface area contributed by atoms with E-state index in [1.165, 1.54) is 12.4 Å². The number of hydrogen-bond acceptors (Lipinski definition) is 2. The van der Waals surface area contributed by atoms with E-state index >= 15 is 0 Å². The average Bonchev–Trinajstić information content (AvgIpc) is 2.16. The van der Waals surface area contributed by atoms with Gasteiger partial charge < -0.3 is 4.98 Å². The Hall–Kier alpha value is -1.43. The van der Waals surface area contributed by atoms with Gasteiger partial charge in [0.05, 0.1) is 17.4 Å². The van der Waals surface area contributed by atoms with Gasteiger partial charge in [0.25, 0.3) is 0 Å². The van der Waals surface area contributed by atoms with Crippen molar-refractivity contribution < 1.29 is 13.2 Å². The third kappa shape index (κ3) is 1.85. The Morgan fingerprint density at radius 2 is 2.00 bits per heavy atom. The first kappa shape index (κ1) is 10.1. The molecule has 0 saturated carbocycles. The second-order valence-electron chi connectivity index (χ2n) is 2.97. The summed E-state index contributed by atoms with van der Waals surface area (Å²) in [5.41, 5.74) is -0.364. The highest BCUT2D eigenvalue weighted by atomic mass is 32.1. The van der Waals surface area contributed by atoms with Crippen molar-refractivity contribution >= 4 is 23.1 Å². The Balaban J connectivity index is 2.73. The lowest BCUT2D eigenvalue weighted by atomic mass is 10.1. The number of halogens is 3. The highest BCUT2D eigenvalue weighted by Gasteiger charge is 2.30. The summed E-state index contributed by atoms with van der Waals surface area (Å²) in [6.07, 6.45) is -3.06. The molecule has 0 spiro atoms. The van der Waals surface area contributed by atoms with Gasteiger partial charge in [-0.3, -0.25) is 0 Å². The Bertz CT molecular complexity index is 559. The SMILES string of the molecule is FC(F)(F)c1ccc2c(=S)nc[nH]c2c1. The first-order valence-electron chi connectivity index (χ1n) is 4.03. The van der Waals surface area contributed by atoms with Crippen molar-refractivity contribution in [1.29, 1.82) is 0 Å². The van der Waals surface area contributed by atoms with E-state index in [0.717, 1.165) is 12.1 Å². The second-order valence-corrected chi connectivity index (χ2v) is 3.35. The maximum Gasteiger partial charge on any atom is 0.416 e. The van der Waals surface area contributed by atoms with E-state index in [4.69, 9.17) is 12.2 Å². The summed E-state index contributed by atoms with van der Waals surface area (Å²) in [4.78, 5) is 6.40. The fourth-order valence-corrected chi connectivity index (χ4v) is 1.49. The van der Waals surface area contributed by atoms with Crippen LogP contribution >= 0.6 is 12.2 Å². The van der Waals surface area contributed by atoms with Crippen LogP contribution in [0.1, 0.15) is 5.56 Å². The molecule has 2 aromatic rings. The molecular weight excluding hydrogens is 225 g/mol. The lowest BCUT2D eigenvalue weighted by Crippen LogP contribution is -2.04. The summed E-state index contributed by atoms with van der Waals surface area (Å²) in [6.45, 7) is 0. The molecule has 0 aliphatic rings. The van der Waals surface area contributed by atoms with Gasteiger partial charge in [0.2, 0.25) is 0 Å². The summed E-state index contributed by atoms with van der Waals surface area (Å²) >= 11 is 4.88. The molecule has 1 aromatic carbocycles. The van der Waals surface area contributed by atoms with Crippen LogP contribution in [0.25, 0.3) is 10.9 Å². The molecule has 0 saturated heterocycles. The zero-order valence-electron chi connectivity index (χ0n) is 7.30. The van der Waals surface area contributed by atoms with Gasteiger partial charge in [-0.15, -0.1) is 0 Å². The molecule has 1 N–H and O–H groups in total. The van der Waals surface area contributed by atoms with Gasteiger partial charge in [-0.1, -0.05) is 12.2 Å². The van der Waals surface area contributed by atoms with E-state index in [0.29, 0.717) is 10.9 Å². The molecule has 0 amide bonds. The lowest BCUT2D eigenvalue weighted by molar-refractivity contribution is -0.137. The van der Waals surface area contributed by atoms with Crippen LogP contribution in [0.15, 0.2) is 24.5 Å². The van der Waals surface area contributed by atoms with E-state index in [1.807, 2.05) is 0 Å². The van der Waals surface area contributed by atoms with Crippen molar-refractivity contribution in [2.45, 2.75) is 6.18 Å². The predicted octanol–water partition coefficient (Wildman–Crippen LogP) is 3.31. The van der Waals surface area contributed by atoms with E-state index in [2.05, 4.69) is 9.97 Å². The predicted molar refractivity (Wildman–Crippen MR) is 51.9 cm³/mol. The van der Waals surface area contributed by atoms with Crippen molar-refractivity contribution in [3.05, 3.63) is 34.7 Å². The standard InChI is InChI=1S/C9H5F3N2S/c10-9(11,12)5-1-2-6-7(3-5)13-4-14-8(6)15/h1-4H,(H,13,14,15). The molecule has 0 fully saturated rings. The number of nitrogens with one attached hydrogen (secondary N) is 1. The number of alkyl halides is 3. The third-order valence-electron chi connectivity index (χ3n) is 1.98. The molecular formula is C9H5F3N2S. The molecule has 0 bridgehead atoms. The number of benzene rings is 1. The van der Waals surface area contributed by atoms with Crippen molar-refractivity contribution in [2.24, 2.45) is 0 Å². The summed E-state index contributed by atoms with van der Waals surface area (Å²) in [5.74, 6) is 0. The quantitative estimate of drug-likeness (QED) is 0.703. The van der Waals surface area contributed by atoms with Gasteiger partial charge in [-0.2, -0.15) is 13.2 Å². The summed E-state index contributed by atoms with van der Waals surface area (Å²) in [6, 6.07) is 3.34. The minimum Gasteiger partial charge on any atom is -0.346 e. The number of nitrogens with zero attached hydrogens (tertiary/aromatic N) is 1. The number of H-pyrrole nitrogens is 1. The molecule has 1 heterocycles. The van der Waals surface area contributed by atoms with Crippen LogP contribution in [0.3, 0.4) is 0 Å². The lowest BCUT2D eigenvalue weighted by Gasteiger charge is -2.07. The molecule has 2 rings (SSSR count). The van der Waals surface area contributed by atoms with E-state index in [9.17, 15) is 13.2 Å². The normalized spacial score (nSPS) is 11.9. The molecule has 78 valence electrons. The summed E-state index contributed by atoms with van der Waals surface area (Å²) in [7, 11) is 0. The van der Waals surface area contributed by atoms with Crippen LogP contribution in [0.2, 0.25) is 0 Å². The highest BCUT2D eigenvalue weighted by Crippen LogP contribution is 2.30. The van der Waals surface area contributed by atoms with Crippen LogP contribution in [-0.4, -0.2) is 9.97 Å². The second kappa shape index (κ2) is 3.30. The average molecular weight is 230 g/mol. The van der Waals surface area contributed by atoms with E-state index in [-0.39, 0.29) is 4.64 Å². The first-order chi connectivity index (χ1) is 6.98. The Kier molecular flexibility index (Phi) is 2.22. The molecule has 0 unspecified atom stereocenters. The molecule has 0 radical (unpaired) electrons. The maximum atomic E-state index is 12.4. The molecule has 1 aromatic heterocycles. The van der Waals surface area contributed by atoms with Crippen molar-refractivity contribution in [2.75, 3.05) is 0 Å². The fourth-order valence-electron chi connectivity index (χ4n) is 1.26. The van der Waals surface area contributed by atoms with Crippen LogP contribution in [0.4, 0.5) is 13.2 Å². The maximum absolute atomic E-state index is 12.4. The Labute approximate surface area is 87.8 Å². The number of hydrogen-bond donors (Lipinski definition) is 1. The number of fused-ring (bicyclic) bond motifs is 1. The van der Waals surface area contributed by atoms with Gasteiger partial charge in [-0.05, 0) is 18.2 Å². The molecule has 6 heteroatoms. The minimum atomic E-state index is -4.34. The summed E-state index contributed by atoms with van der Waals surface area (Å²) < 4.78 is 37.4. The van der Waals surface area contributed by atoms with E-state index < -0.39 is 11.7 Å². The zero-order valence-corrected chi connectivity index (χ0v) is 8.12. The van der Waals surface area contributed by atoms with Crippen molar-refractivity contribution in [3.8, 4) is 0 Å². The number of aromatic nitrogens is 2. The van der Waals surface area contributed by atoms with Crippen LogP contribution in [0, 0.1) is 4.64 Å². The van der Waals surface area contributed by atoms with Crippen LogP contribution in [0.5, 0.6) is 0 Å². The number of aromatic amines is 1. The largest absolute Gasteiger partial charge is 0.416 e. The minimum absolute atomic E-state index is 0.289. The smallest absolute Gasteiger partial charge is 0.346 e. The van der Waals surface area contributed by atoms with Gasteiger partial charge in [0.1, 0.15) is 4.64 Å². The molecule has 2 nitrogen and oxygen atoms in total. The van der Waals surface area contributed by atoms with Crippen molar-refractivity contribution in [1.82, 2.24) is 9.97 Å². The fraction of sp³-hybridized carbons (Fsp3) is 0.111. The molecule has 0 aliphatic heterocycles. The van der Waals surface area contributed by atoms with Crippen LogP contribution < -0.4 is 0 Å². The van der Waals surface area contributed by atoms with E-state index in [1.54, 1.807) is 0 Å². The van der Waals surface area contributed by atoms with Gasteiger partial charge in [-0.25, -0.2) is 4.98 Å². The third-order valence-corrected chi connectivity index (χ3v) is 2.30. The summed E-state index contributed by atoms with van der Waals surface area (Å²) in [5, 5.41) is 0.514. The Morgan fingerprint density at radius 1 is 1.27 bits per heavy atom. The molecule has 0 atom stereocenters. The molecule has 0 aliphatic carbocycles. The molecule has 15 heavy (non-hydrogen) atoms. The number of rotatable bonds is 0. The van der Waals surface area contributed by atoms with Gasteiger partial charge in [0, 0.05) is 5.39 Å². The monoisotopic (exact) mass is 230 g/mol. The zero-order chi connectivity index (χ0) is 11.1. The Morgan fingerprint density at radius 3 is 2.67 bits per heavy atom. The van der Waals surface area contributed by atoms with Crippen molar-refractivity contribution in [3.63, 3.8) is 0 Å². The topological polar surface area (TPSA) is 28.7 Å². The highest BCUT2D eigenvalue weighted by molar-refractivity contribution is 7.71. The van der Waals surface area contributed by atoms with Crippen LogP contribution in [-0.2, 0) is 6.18 Å².